The van der Waals surface area contributed by atoms with E-state index in [0.717, 1.165) is 25.2 Å². The molecular formula is C17H26O2. The van der Waals surface area contributed by atoms with E-state index in [2.05, 4.69) is 45.0 Å². The number of unbranched alkanes of at least 4 members (excludes halogenated alkanes) is 2. The van der Waals surface area contributed by atoms with Crippen molar-refractivity contribution >= 4 is 0 Å². The van der Waals surface area contributed by atoms with Gasteiger partial charge in [0.1, 0.15) is 5.75 Å². The van der Waals surface area contributed by atoms with Crippen LogP contribution < -0.4 is 4.74 Å². The highest BCUT2D eigenvalue weighted by molar-refractivity contribution is 5.27. The molecule has 1 aromatic carbocycles. The molecule has 1 aromatic rings. The largest absolute Gasteiger partial charge is 0.494 e. The second-order valence-electron chi connectivity index (χ2n) is 5.69. The fraction of sp³-hybridized carbons (Fsp3) is 0.647. The summed E-state index contributed by atoms with van der Waals surface area (Å²) in [5.41, 5.74) is 1.37. The van der Waals surface area contributed by atoms with Crippen molar-refractivity contribution in [2.24, 2.45) is 5.92 Å². The molecule has 1 saturated heterocycles. The molecule has 2 rings (SSSR count). The van der Waals surface area contributed by atoms with Crippen LogP contribution in [0, 0.1) is 5.92 Å². The van der Waals surface area contributed by atoms with Crippen molar-refractivity contribution in [2.75, 3.05) is 6.61 Å². The van der Waals surface area contributed by atoms with Crippen LogP contribution >= 0.6 is 0 Å². The minimum absolute atomic E-state index is 0.455. The highest BCUT2D eigenvalue weighted by Crippen LogP contribution is 2.31. The molecule has 0 radical (unpaired) electrons. The molecule has 0 bridgehead atoms. The first kappa shape index (κ1) is 14.4. The van der Waals surface area contributed by atoms with Crippen LogP contribution in [0.2, 0.25) is 0 Å². The van der Waals surface area contributed by atoms with Gasteiger partial charge >= 0.3 is 0 Å². The Hall–Kier alpha value is -1.02. The molecule has 0 saturated carbocycles. The van der Waals surface area contributed by atoms with Crippen molar-refractivity contribution in [3.63, 3.8) is 0 Å². The van der Waals surface area contributed by atoms with Gasteiger partial charge in [0.15, 0.2) is 0 Å². The third-order valence-electron chi connectivity index (χ3n) is 3.82. The monoisotopic (exact) mass is 262 g/mol. The molecule has 1 aliphatic heterocycles. The summed E-state index contributed by atoms with van der Waals surface area (Å²) >= 11 is 0. The Morgan fingerprint density at radius 1 is 1.21 bits per heavy atom. The third-order valence-corrected chi connectivity index (χ3v) is 3.82. The lowest BCUT2D eigenvalue weighted by molar-refractivity contribution is 0.306. The molecule has 1 aliphatic rings. The molecule has 0 aromatic heterocycles. The maximum absolute atomic E-state index is 5.72. The minimum Gasteiger partial charge on any atom is -0.494 e. The standard InChI is InChI=1S/C17H26O2/c1-4-5-6-11-18-16-9-7-15(8-10-16)12-13(2)17-14(3)19-17/h7-10,13-14,17H,4-6,11-12H2,1-3H3. The van der Waals surface area contributed by atoms with Crippen LogP contribution in [0.1, 0.15) is 45.6 Å². The van der Waals surface area contributed by atoms with E-state index >= 15 is 0 Å². The molecule has 0 amide bonds. The molecule has 106 valence electrons. The Kier molecular flexibility index (Phi) is 5.26. The van der Waals surface area contributed by atoms with Crippen molar-refractivity contribution in [3.8, 4) is 5.75 Å². The van der Waals surface area contributed by atoms with Gasteiger partial charge in [0.25, 0.3) is 0 Å². The summed E-state index contributed by atoms with van der Waals surface area (Å²) in [6.45, 7) is 7.45. The SMILES string of the molecule is CCCCCOc1ccc(CC(C)C2OC2C)cc1. The van der Waals surface area contributed by atoms with Gasteiger partial charge in [-0.05, 0) is 43.4 Å². The third kappa shape index (κ3) is 4.54. The van der Waals surface area contributed by atoms with E-state index in [1.54, 1.807) is 0 Å². The van der Waals surface area contributed by atoms with Crippen LogP contribution in [0.3, 0.4) is 0 Å². The van der Waals surface area contributed by atoms with Gasteiger partial charge in [0, 0.05) is 0 Å². The van der Waals surface area contributed by atoms with Crippen molar-refractivity contribution in [1.82, 2.24) is 0 Å². The van der Waals surface area contributed by atoms with E-state index in [0.29, 0.717) is 18.1 Å². The van der Waals surface area contributed by atoms with Crippen LogP contribution in [0.5, 0.6) is 5.75 Å². The average molecular weight is 262 g/mol. The summed E-state index contributed by atoms with van der Waals surface area (Å²) in [6.07, 6.45) is 5.63. The lowest BCUT2D eigenvalue weighted by Crippen LogP contribution is -2.09. The van der Waals surface area contributed by atoms with Gasteiger partial charge in [-0.2, -0.15) is 0 Å². The van der Waals surface area contributed by atoms with Crippen molar-refractivity contribution in [1.29, 1.82) is 0 Å². The van der Waals surface area contributed by atoms with E-state index in [-0.39, 0.29) is 0 Å². The van der Waals surface area contributed by atoms with Gasteiger partial charge in [-0.3, -0.25) is 0 Å². The Morgan fingerprint density at radius 3 is 2.47 bits per heavy atom. The second kappa shape index (κ2) is 6.95. The molecule has 0 N–H and O–H groups in total. The van der Waals surface area contributed by atoms with Gasteiger partial charge in [-0.15, -0.1) is 0 Å². The van der Waals surface area contributed by atoms with Gasteiger partial charge < -0.3 is 9.47 Å². The molecular weight excluding hydrogens is 236 g/mol. The molecule has 3 unspecified atom stereocenters. The topological polar surface area (TPSA) is 21.8 Å². The fourth-order valence-electron chi connectivity index (χ4n) is 2.55. The van der Waals surface area contributed by atoms with E-state index in [4.69, 9.17) is 9.47 Å². The number of epoxide rings is 1. The Bertz CT molecular complexity index is 371. The Labute approximate surface area is 117 Å². The van der Waals surface area contributed by atoms with Crippen LogP contribution in [-0.4, -0.2) is 18.8 Å². The predicted molar refractivity (Wildman–Crippen MR) is 78.7 cm³/mol. The highest BCUT2D eigenvalue weighted by atomic mass is 16.6. The normalized spacial score (nSPS) is 23.1. The van der Waals surface area contributed by atoms with Gasteiger partial charge in [0.2, 0.25) is 0 Å². The second-order valence-corrected chi connectivity index (χ2v) is 5.69. The van der Waals surface area contributed by atoms with Crippen molar-refractivity contribution in [2.45, 2.75) is 58.7 Å². The summed E-state index contributed by atoms with van der Waals surface area (Å²) < 4.78 is 11.2. The lowest BCUT2D eigenvalue weighted by atomic mass is 9.97. The number of ether oxygens (including phenoxy) is 2. The van der Waals surface area contributed by atoms with Gasteiger partial charge in [0.05, 0.1) is 18.8 Å². The smallest absolute Gasteiger partial charge is 0.119 e. The highest BCUT2D eigenvalue weighted by Gasteiger charge is 2.38. The Morgan fingerprint density at radius 2 is 1.89 bits per heavy atom. The quantitative estimate of drug-likeness (QED) is 0.517. The molecule has 1 heterocycles. The summed E-state index contributed by atoms with van der Waals surface area (Å²) in [4.78, 5) is 0. The minimum atomic E-state index is 0.455. The lowest BCUT2D eigenvalue weighted by Gasteiger charge is -2.10. The number of rotatable bonds is 8. The zero-order valence-corrected chi connectivity index (χ0v) is 12.4. The van der Waals surface area contributed by atoms with Crippen LogP contribution in [0.4, 0.5) is 0 Å². The predicted octanol–water partition coefficient (Wildman–Crippen LogP) is 4.22. The van der Waals surface area contributed by atoms with E-state index in [1.165, 1.54) is 18.4 Å². The van der Waals surface area contributed by atoms with Gasteiger partial charge in [-0.25, -0.2) is 0 Å². The molecule has 0 aliphatic carbocycles. The molecule has 1 fully saturated rings. The first-order chi connectivity index (χ1) is 9.20. The van der Waals surface area contributed by atoms with E-state index in [9.17, 15) is 0 Å². The van der Waals surface area contributed by atoms with E-state index in [1.807, 2.05) is 0 Å². The maximum Gasteiger partial charge on any atom is 0.119 e. The van der Waals surface area contributed by atoms with Crippen LogP contribution in [0.15, 0.2) is 24.3 Å². The average Bonchev–Trinajstić information content (AvgIpc) is 3.14. The zero-order valence-electron chi connectivity index (χ0n) is 12.4. The molecule has 19 heavy (non-hydrogen) atoms. The Balaban J connectivity index is 1.74. The number of benzene rings is 1. The summed E-state index contributed by atoms with van der Waals surface area (Å²) in [5, 5.41) is 0. The first-order valence-corrected chi connectivity index (χ1v) is 7.58. The maximum atomic E-state index is 5.72. The summed E-state index contributed by atoms with van der Waals surface area (Å²) in [6, 6.07) is 8.54. The van der Waals surface area contributed by atoms with Crippen molar-refractivity contribution in [3.05, 3.63) is 29.8 Å². The number of hydrogen-bond acceptors (Lipinski definition) is 2. The summed E-state index contributed by atoms with van der Waals surface area (Å²) in [5.74, 6) is 1.59. The molecule has 3 atom stereocenters. The zero-order chi connectivity index (χ0) is 13.7. The number of hydrogen-bond donors (Lipinski definition) is 0. The molecule has 2 nitrogen and oxygen atoms in total. The fourth-order valence-corrected chi connectivity index (χ4v) is 2.55. The van der Waals surface area contributed by atoms with E-state index < -0.39 is 0 Å². The molecule has 2 heteroatoms. The van der Waals surface area contributed by atoms with Gasteiger partial charge in [-0.1, -0.05) is 38.8 Å². The first-order valence-electron chi connectivity index (χ1n) is 7.58. The summed E-state index contributed by atoms with van der Waals surface area (Å²) in [7, 11) is 0. The van der Waals surface area contributed by atoms with Crippen molar-refractivity contribution < 1.29 is 9.47 Å². The van der Waals surface area contributed by atoms with Crippen LogP contribution in [-0.2, 0) is 11.2 Å². The van der Waals surface area contributed by atoms with Crippen LogP contribution in [0.25, 0.3) is 0 Å². The molecule has 0 spiro atoms.